The normalized spacial score (nSPS) is 12.1. The van der Waals surface area contributed by atoms with E-state index in [0.717, 1.165) is 12.6 Å². The highest BCUT2D eigenvalue weighted by Gasteiger charge is 2.08. The Hall–Kier alpha value is -0.990. The molecule has 0 aromatic carbocycles. The van der Waals surface area contributed by atoms with E-state index in [9.17, 15) is 14.4 Å². The molecular formula is C8H12O3. The predicted molar refractivity (Wildman–Crippen MR) is 40.2 cm³/mol. The molecule has 0 aliphatic carbocycles. The summed E-state index contributed by atoms with van der Waals surface area (Å²) in [4.78, 5) is 30.7. The van der Waals surface area contributed by atoms with E-state index in [4.69, 9.17) is 0 Å². The third-order valence-corrected chi connectivity index (χ3v) is 1.40. The van der Waals surface area contributed by atoms with Crippen LogP contribution in [0.15, 0.2) is 0 Å². The largest absolute Gasteiger partial charge is 0.303 e. The van der Waals surface area contributed by atoms with Gasteiger partial charge in [0.05, 0.1) is 0 Å². The molecule has 0 saturated carbocycles. The van der Waals surface area contributed by atoms with Crippen LogP contribution in [0, 0.1) is 5.92 Å². The number of hydrogen-bond donors (Lipinski definition) is 0. The van der Waals surface area contributed by atoms with Gasteiger partial charge in [0.1, 0.15) is 18.4 Å². The second-order valence-electron chi connectivity index (χ2n) is 2.55. The van der Waals surface area contributed by atoms with Crippen molar-refractivity contribution in [2.45, 2.75) is 26.2 Å². The summed E-state index contributed by atoms with van der Waals surface area (Å²) < 4.78 is 0. The molecule has 0 aromatic rings. The summed E-state index contributed by atoms with van der Waals surface area (Å²) in [5.74, 6) is -0.273. The summed E-state index contributed by atoms with van der Waals surface area (Å²) in [5.41, 5.74) is 0. The van der Waals surface area contributed by atoms with Crippen LogP contribution in [-0.4, -0.2) is 18.4 Å². The lowest BCUT2D eigenvalue weighted by Crippen LogP contribution is -2.07. The summed E-state index contributed by atoms with van der Waals surface area (Å²) in [5, 5.41) is 0. The molecule has 0 aliphatic rings. The van der Waals surface area contributed by atoms with E-state index in [1.807, 2.05) is 0 Å². The molecule has 1 unspecified atom stereocenters. The highest BCUT2D eigenvalue weighted by atomic mass is 16.1. The number of aldehydes is 2. The minimum atomic E-state index is -0.266. The van der Waals surface area contributed by atoms with Crippen molar-refractivity contribution >= 4 is 18.4 Å². The van der Waals surface area contributed by atoms with Gasteiger partial charge in [0, 0.05) is 18.8 Å². The monoisotopic (exact) mass is 156 g/mol. The van der Waals surface area contributed by atoms with Crippen LogP contribution in [0.1, 0.15) is 26.2 Å². The summed E-state index contributed by atoms with van der Waals surface area (Å²) in [7, 11) is 0. The highest BCUT2D eigenvalue weighted by molar-refractivity contribution is 5.78. The Morgan fingerprint density at radius 1 is 1.45 bits per heavy atom. The molecule has 0 saturated heterocycles. The van der Waals surface area contributed by atoms with E-state index in [2.05, 4.69) is 0 Å². The van der Waals surface area contributed by atoms with Crippen molar-refractivity contribution in [1.29, 1.82) is 0 Å². The molecule has 62 valence electrons. The molecule has 11 heavy (non-hydrogen) atoms. The van der Waals surface area contributed by atoms with Crippen LogP contribution >= 0.6 is 0 Å². The Morgan fingerprint density at radius 2 is 2.09 bits per heavy atom. The van der Waals surface area contributed by atoms with Gasteiger partial charge in [-0.3, -0.25) is 0 Å². The van der Waals surface area contributed by atoms with Crippen molar-refractivity contribution in [2.75, 3.05) is 0 Å². The van der Waals surface area contributed by atoms with Crippen molar-refractivity contribution in [1.82, 2.24) is 0 Å². The lowest BCUT2D eigenvalue weighted by Gasteiger charge is -2.03. The maximum Gasteiger partial charge on any atom is 0.130 e. The van der Waals surface area contributed by atoms with Crippen LogP contribution in [0.5, 0.6) is 0 Å². The molecule has 0 spiro atoms. The fraction of sp³-hybridized carbons (Fsp3) is 0.625. The van der Waals surface area contributed by atoms with Gasteiger partial charge in [0.2, 0.25) is 0 Å². The highest BCUT2D eigenvalue weighted by Crippen LogP contribution is 2.07. The molecule has 0 N–H and O–H groups in total. The van der Waals surface area contributed by atoms with Gasteiger partial charge in [-0.1, -0.05) is 0 Å². The fourth-order valence-corrected chi connectivity index (χ4v) is 0.870. The SMILES string of the molecule is CC(=O)CC(C=O)CCC=O. The molecular weight excluding hydrogens is 144 g/mol. The van der Waals surface area contributed by atoms with Crippen molar-refractivity contribution in [3.63, 3.8) is 0 Å². The van der Waals surface area contributed by atoms with E-state index < -0.39 is 0 Å². The van der Waals surface area contributed by atoms with Crippen molar-refractivity contribution < 1.29 is 14.4 Å². The Kier molecular flexibility index (Phi) is 5.25. The molecule has 0 rings (SSSR count). The van der Waals surface area contributed by atoms with Crippen LogP contribution in [0.2, 0.25) is 0 Å². The number of hydrogen-bond acceptors (Lipinski definition) is 3. The summed E-state index contributed by atoms with van der Waals surface area (Å²) in [6.45, 7) is 1.44. The van der Waals surface area contributed by atoms with E-state index in [0.29, 0.717) is 12.8 Å². The van der Waals surface area contributed by atoms with Crippen LogP contribution < -0.4 is 0 Å². The molecule has 0 bridgehead atoms. The lowest BCUT2D eigenvalue weighted by molar-refractivity contribution is -0.121. The quantitative estimate of drug-likeness (QED) is 0.533. The molecule has 0 aromatic heterocycles. The van der Waals surface area contributed by atoms with Gasteiger partial charge >= 0.3 is 0 Å². The van der Waals surface area contributed by atoms with Gasteiger partial charge in [-0.25, -0.2) is 0 Å². The Labute approximate surface area is 65.8 Å². The smallest absolute Gasteiger partial charge is 0.130 e. The zero-order chi connectivity index (χ0) is 8.69. The zero-order valence-electron chi connectivity index (χ0n) is 6.58. The molecule has 0 amide bonds. The first-order chi connectivity index (χ1) is 5.20. The average Bonchev–Trinajstić information content (AvgIpc) is 1.97. The average molecular weight is 156 g/mol. The Bertz CT molecular complexity index is 151. The van der Waals surface area contributed by atoms with E-state index >= 15 is 0 Å². The number of Topliss-reactive ketones (excluding diaryl/α,β-unsaturated/α-hetero) is 1. The molecule has 0 radical (unpaired) electrons. The van der Waals surface area contributed by atoms with Gasteiger partial charge in [0.15, 0.2) is 0 Å². The van der Waals surface area contributed by atoms with Gasteiger partial charge in [0.25, 0.3) is 0 Å². The second-order valence-corrected chi connectivity index (χ2v) is 2.55. The third kappa shape index (κ3) is 5.45. The maximum absolute atomic E-state index is 10.5. The zero-order valence-corrected chi connectivity index (χ0v) is 6.58. The third-order valence-electron chi connectivity index (χ3n) is 1.40. The standard InChI is InChI=1S/C8H12O3/c1-7(11)5-8(6-10)3-2-4-9/h4,6,8H,2-3,5H2,1H3. The fourth-order valence-electron chi connectivity index (χ4n) is 0.870. The number of ketones is 1. The molecule has 3 heteroatoms. The molecule has 3 nitrogen and oxygen atoms in total. The lowest BCUT2D eigenvalue weighted by atomic mass is 10.00. The van der Waals surface area contributed by atoms with E-state index in [1.165, 1.54) is 6.92 Å². The van der Waals surface area contributed by atoms with Crippen molar-refractivity contribution in [3.8, 4) is 0 Å². The van der Waals surface area contributed by atoms with Crippen molar-refractivity contribution in [2.24, 2.45) is 5.92 Å². The summed E-state index contributed by atoms with van der Waals surface area (Å²) >= 11 is 0. The molecule has 0 fully saturated rings. The Morgan fingerprint density at radius 3 is 2.45 bits per heavy atom. The van der Waals surface area contributed by atoms with Crippen LogP contribution in [0.25, 0.3) is 0 Å². The molecule has 0 heterocycles. The summed E-state index contributed by atoms with van der Waals surface area (Å²) in [6.07, 6.45) is 2.61. The van der Waals surface area contributed by atoms with Gasteiger partial charge < -0.3 is 14.4 Å². The topological polar surface area (TPSA) is 51.2 Å². The van der Waals surface area contributed by atoms with Crippen LogP contribution in [0.3, 0.4) is 0 Å². The first-order valence-electron chi connectivity index (χ1n) is 3.59. The van der Waals surface area contributed by atoms with Crippen LogP contribution in [0.4, 0.5) is 0 Å². The first kappa shape index (κ1) is 10.0. The van der Waals surface area contributed by atoms with E-state index in [1.54, 1.807) is 0 Å². The number of carbonyl (C=O) groups excluding carboxylic acids is 3. The van der Waals surface area contributed by atoms with Crippen molar-refractivity contribution in [3.05, 3.63) is 0 Å². The van der Waals surface area contributed by atoms with Gasteiger partial charge in [-0.15, -0.1) is 0 Å². The minimum Gasteiger partial charge on any atom is -0.303 e. The number of rotatable bonds is 6. The van der Waals surface area contributed by atoms with Crippen LogP contribution in [-0.2, 0) is 14.4 Å². The molecule has 0 aliphatic heterocycles. The Balaban J connectivity index is 3.65. The van der Waals surface area contributed by atoms with E-state index in [-0.39, 0.29) is 18.1 Å². The predicted octanol–water partition coefficient (Wildman–Crippen LogP) is 0.760. The van der Waals surface area contributed by atoms with Gasteiger partial charge in [-0.2, -0.15) is 0 Å². The van der Waals surface area contributed by atoms with Gasteiger partial charge in [-0.05, 0) is 13.3 Å². The minimum absolute atomic E-state index is 0.00648. The summed E-state index contributed by atoms with van der Waals surface area (Å²) in [6, 6.07) is 0. The second kappa shape index (κ2) is 5.77. The maximum atomic E-state index is 10.5. The first-order valence-corrected chi connectivity index (χ1v) is 3.59. The molecule has 1 atom stereocenters. The number of carbonyl (C=O) groups is 3.